The lowest BCUT2D eigenvalue weighted by Crippen LogP contribution is -2.36. The lowest BCUT2D eigenvalue weighted by Gasteiger charge is -2.23. The van der Waals surface area contributed by atoms with E-state index in [0.29, 0.717) is 16.3 Å². The molecule has 0 saturated heterocycles. The molecule has 0 saturated carbocycles. The summed E-state index contributed by atoms with van der Waals surface area (Å²) in [5.41, 5.74) is 0.448. The van der Waals surface area contributed by atoms with Crippen molar-refractivity contribution >= 4 is 46.7 Å². The molecular formula is C21H16ClFN4O3S. The third-order valence-corrected chi connectivity index (χ3v) is 5.82. The third kappa shape index (κ3) is 4.78. The van der Waals surface area contributed by atoms with Crippen LogP contribution in [0.25, 0.3) is 0 Å². The highest BCUT2D eigenvalue weighted by Crippen LogP contribution is 2.31. The zero-order valence-electron chi connectivity index (χ0n) is 15.9. The van der Waals surface area contributed by atoms with E-state index in [9.17, 15) is 18.8 Å². The number of carbonyl (C=O) groups excluding carboxylic acids is 2. The lowest BCUT2D eigenvalue weighted by atomic mass is 9.92. The Balaban J connectivity index is 1.58. The van der Waals surface area contributed by atoms with Crippen molar-refractivity contribution in [3.05, 3.63) is 80.9 Å². The molecule has 1 aliphatic heterocycles. The van der Waals surface area contributed by atoms with Crippen LogP contribution in [0.1, 0.15) is 23.5 Å². The van der Waals surface area contributed by atoms with Gasteiger partial charge < -0.3 is 15.6 Å². The van der Waals surface area contributed by atoms with Crippen molar-refractivity contribution in [1.29, 1.82) is 0 Å². The number of aromatic amines is 1. The number of thioether (sulfide) groups is 1. The van der Waals surface area contributed by atoms with Gasteiger partial charge >= 0.3 is 0 Å². The molecule has 10 heteroatoms. The summed E-state index contributed by atoms with van der Waals surface area (Å²) in [6.07, 6.45) is -0.189. The predicted molar refractivity (Wildman–Crippen MR) is 117 cm³/mol. The Kier molecular flexibility index (Phi) is 6.06. The van der Waals surface area contributed by atoms with Gasteiger partial charge in [0.05, 0.1) is 11.5 Å². The molecule has 158 valence electrons. The molecule has 0 unspecified atom stereocenters. The molecule has 0 fully saturated rings. The summed E-state index contributed by atoms with van der Waals surface area (Å²) in [4.78, 5) is 44.6. The molecule has 3 aromatic rings. The Labute approximate surface area is 185 Å². The molecule has 2 heterocycles. The first-order valence-electron chi connectivity index (χ1n) is 9.27. The maximum atomic E-state index is 13.8. The first-order chi connectivity index (χ1) is 14.9. The molecule has 1 atom stereocenters. The zero-order valence-corrected chi connectivity index (χ0v) is 17.5. The van der Waals surface area contributed by atoms with Crippen molar-refractivity contribution in [2.24, 2.45) is 0 Å². The summed E-state index contributed by atoms with van der Waals surface area (Å²) < 4.78 is 13.8. The zero-order chi connectivity index (χ0) is 22.0. The van der Waals surface area contributed by atoms with Crippen LogP contribution in [0.2, 0.25) is 5.02 Å². The van der Waals surface area contributed by atoms with E-state index < -0.39 is 23.3 Å². The van der Waals surface area contributed by atoms with Crippen LogP contribution >= 0.6 is 23.4 Å². The Morgan fingerprint density at radius 1 is 1.23 bits per heavy atom. The SMILES string of the molecule is O=C1C[C@H](C(=O)Nc2cccc(Cl)c2)c2c(nc(SCc3ccccc3F)[nH]c2=O)N1. The van der Waals surface area contributed by atoms with Crippen LogP contribution in [0, 0.1) is 5.82 Å². The number of halogens is 2. The van der Waals surface area contributed by atoms with Gasteiger partial charge in [-0.25, -0.2) is 9.37 Å². The minimum Gasteiger partial charge on any atom is -0.325 e. The number of aromatic nitrogens is 2. The van der Waals surface area contributed by atoms with Crippen LogP contribution < -0.4 is 16.2 Å². The van der Waals surface area contributed by atoms with Crippen LogP contribution in [-0.2, 0) is 15.3 Å². The van der Waals surface area contributed by atoms with Crippen LogP contribution in [0.15, 0.2) is 58.5 Å². The van der Waals surface area contributed by atoms with E-state index in [1.165, 1.54) is 6.07 Å². The fourth-order valence-corrected chi connectivity index (χ4v) is 4.24. The van der Waals surface area contributed by atoms with Crippen LogP contribution in [0.5, 0.6) is 0 Å². The van der Waals surface area contributed by atoms with Gasteiger partial charge in [0.15, 0.2) is 5.16 Å². The molecule has 1 aromatic heterocycles. The van der Waals surface area contributed by atoms with Crippen molar-refractivity contribution in [3.8, 4) is 0 Å². The van der Waals surface area contributed by atoms with Crippen LogP contribution in [0.3, 0.4) is 0 Å². The Morgan fingerprint density at radius 2 is 2.03 bits per heavy atom. The number of H-pyrrole nitrogens is 1. The number of hydrogen-bond donors (Lipinski definition) is 3. The molecule has 0 spiro atoms. The summed E-state index contributed by atoms with van der Waals surface area (Å²) in [5, 5.41) is 5.88. The maximum absolute atomic E-state index is 13.8. The first-order valence-corrected chi connectivity index (χ1v) is 10.6. The van der Waals surface area contributed by atoms with Gasteiger partial charge in [0, 0.05) is 22.9 Å². The highest BCUT2D eigenvalue weighted by Gasteiger charge is 2.34. The molecule has 1 aliphatic rings. The highest BCUT2D eigenvalue weighted by molar-refractivity contribution is 7.98. The summed E-state index contributed by atoms with van der Waals surface area (Å²) >= 11 is 7.06. The molecule has 2 aromatic carbocycles. The number of nitrogens with one attached hydrogen (secondary N) is 3. The van der Waals surface area contributed by atoms with E-state index in [1.807, 2.05) is 0 Å². The van der Waals surface area contributed by atoms with Gasteiger partial charge in [-0.3, -0.25) is 14.4 Å². The van der Waals surface area contributed by atoms with E-state index in [1.54, 1.807) is 42.5 Å². The topological polar surface area (TPSA) is 104 Å². The molecule has 4 rings (SSSR count). The van der Waals surface area contributed by atoms with E-state index in [4.69, 9.17) is 11.6 Å². The minimum absolute atomic E-state index is 0.0299. The molecule has 0 bridgehead atoms. The van der Waals surface area contributed by atoms with Crippen molar-refractivity contribution in [2.45, 2.75) is 23.2 Å². The fourth-order valence-electron chi connectivity index (χ4n) is 3.20. The largest absolute Gasteiger partial charge is 0.325 e. The van der Waals surface area contributed by atoms with E-state index in [-0.39, 0.29) is 34.5 Å². The number of benzene rings is 2. The minimum atomic E-state index is -1.01. The van der Waals surface area contributed by atoms with Crippen molar-refractivity contribution in [2.75, 3.05) is 10.6 Å². The second kappa shape index (κ2) is 8.91. The Hall–Kier alpha value is -3.17. The van der Waals surface area contributed by atoms with Crippen LogP contribution in [-0.4, -0.2) is 21.8 Å². The molecular weight excluding hydrogens is 443 g/mol. The molecule has 2 amide bonds. The van der Waals surface area contributed by atoms with Gasteiger partial charge in [-0.05, 0) is 29.8 Å². The van der Waals surface area contributed by atoms with Gasteiger partial charge in [0.25, 0.3) is 5.56 Å². The second-order valence-corrected chi connectivity index (χ2v) is 8.22. The summed E-state index contributed by atoms with van der Waals surface area (Å²) in [6, 6.07) is 12.8. The van der Waals surface area contributed by atoms with Crippen molar-refractivity contribution < 1.29 is 14.0 Å². The van der Waals surface area contributed by atoms with Gasteiger partial charge in [-0.1, -0.05) is 47.6 Å². The summed E-state index contributed by atoms with van der Waals surface area (Å²) in [7, 11) is 0. The van der Waals surface area contributed by atoms with Crippen molar-refractivity contribution in [1.82, 2.24) is 9.97 Å². The first kappa shape index (κ1) is 21.1. The lowest BCUT2D eigenvalue weighted by molar-refractivity contribution is -0.123. The molecule has 7 nitrogen and oxygen atoms in total. The average molecular weight is 459 g/mol. The number of anilines is 2. The Bertz CT molecular complexity index is 1230. The second-order valence-electron chi connectivity index (χ2n) is 6.82. The van der Waals surface area contributed by atoms with E-state index in [2.05, 4.69) is 20.6 Å². The predicted octanol–water partition coefficient (Wildman–Crippen LogP) is 3.92. The molecule has 0 aliphatic carbocycles. The number of hydrogen-bond acceptors (Lipinski definition) is 5. The average Bonchev–Trinajstić information content (AvgIpc) is 2.72. The quantitative estimate of drug-likeness (QED) is 0.397. The van der Waals surface area contributed by atoms with E-state index in [0.717, 1.165) is 11.8 Å². The number of amides is 2. The van der Waals surface area contributed by atoms with Gasteiger partial charge in [-0.15, -0.1) is 0 Å². The molecule has 31 heavy (non-hydrogen) atoms. The van der Waals surface area contributed by atoms with E-state index >= 15 is 0 Å². The van der Waals surface area contributed by atoms with Gasteiger partial charge in [0.2, 0.25) is 11.8 Å². The normalized spacial score (nSPS) is 15.2. The van der Waals surface area contributed by atoms with Gasteiger partial charge in [-0.2, -0.15) is 0 Å². The van der Waals surface area contributed by atoms with Gasteiger partial charge in [0.1, 0.15) is 11.6 Å². The number of fused-ring (bicyclic) bond motifs is 1. The third-order valence-electron chi connectivity index (χ3n) is 4.66. The van der Waals surface area contributed by atoms with Crippen LogP contribution in [0.4, 0.5) is 15.9 Å². The Morgan fingerprint density at radius 3 is 2.81 bits per heavy atom. The molecule has 0 radical (unpaired) electrons. The smallest absolute Gasteiger partial charge is 0.257 e. The standard InChI is InChI=1S/C21H16ClFN4O3S/c22-12-5-3-6-13(8-12)24-19(29)14-9-16(28)25-18-17(14)20(30)27-21(26-18)31-10-11-4-1-2-7-15(11)23/h1-8,14H,9-10H2,(H,24,29)(H2,25,26,27,28,30)/t14-/m0/s1. The monoisotopic (exact) mass is 458 g/mol. The number of nitrogens with zero attached hydrogens (tertiary/aromatic N) is 1. The maximum Gasteiger partial charge on any atom is 0.257 e. The summed E-state index contributed by atoms with van der Waals surface area (Å²) in [5.74, 6) is -2.05. The fraction of sp³-hybridized carbons (Fsp3) is 0.143. The highest BCUT2D eigenvalue weighted by atomic mass is 35.5. The number of carbonyl (C=O) groups is 2. The van der Waals surface area contributed by atoms with Crippen molar-refractivity contribution in [3.63, 3.8) is 0 Å². The number of rotatable bonds is 5. The summed E-state index contributed by atoms with van der Waals surface area (Å²) in [6.45, 7) is 0. The molecule has 3 N–H and O–H groups in total.